The summed E-state index contributed by atoms with van der Waals surface area (Å²) in [6, 6.07) is 18.5. The summed E-state index contributed by atoms with van der Waals surface area (Å²) in [7, 11) is 0. The standard InChI is InChI=1S/C30H28F2N6O4/c31-25-8-4-7-24(27(25)35-13-15-36(16-14-35)29(39)42-20-21-5-2-1-3-6-21)23-10-9-22(19-26(23)32)28(38-12-11-33-34-38)37-17-18-41-30(37)40/h1-12,19,28H,13-18,20H2/t28-/m0/s1. The molecule has 3 aromatic carbocycles. The van der Waals surface area contributed by atoms with E-state index >= 15 is 8.78 Å². The quantitative estimate of drug-likeness (QED) is 0.317. The molecule has 0 N–H and O–H groups in total. The van der Waals surface area contributed by atoms with E-state index in [-0.39, 0.29) is 24.5 Å². The van der Waals surface area contributed by atoms with Crippen LogP contribution in [0.1, 0.15) is 17.3 Å². The number of hydrogen-bond acceptors (Lipinski definition) is 7. The Kier molecular flexibility index (Phi) is 7.67. The van der Waals surface area contributed by atoms with Gasteiger partial charge in [-0.2, -0.15) is 0 Å². The summed E-state index contributed by atoms with van der Waals surface area (Å²) in [5.41, 5.74) is 2.21. The summed E-state index contributed by atoms with van der Waals surface area (Å²) >= 11 is 0. The van der Waals surface area contributed by atoms with E-state index in [1.165, 1.54) is 34.0 Å². The molecule has 0 unspecified atom stereocenters. The summed E-state index contributed by atoms with van der Waals surface area (Å²) in [4.78, 5) is 29.8. The minimum absolute atomic E-state index is 0.170. The van der Waals surface area contributed by atoms with Gasteiger partial charge in [0.2, 0.25) is 0 Å². The smallest absolute Gasteiger partial charge is 0.411 e. The molecule has 0 aliphatic carbocycles. The third-order valence-electron chi connectivity index (χ3n) is 7.41. The number of anilines is 1. The Morgan fingerprint density at radius 3 is 2.43 bits per heavy atom. The third-order valence-corrected chi connectivity index (χ3v) is 7.41. The van der Waals surface area contributed by atoms with Crippen molar-refractivity contribution in [3.8, 4) is 11.1 Å². The molecule has 1 aromatic heterocycles. The van der Waals surface area contributed by atoms with E-state index in [0.29, 0.717) is 43.9 Å². The number of ether oxygens (including phenoxy) is 2. The Labute approximate surface area is 240 Å². The first-order chi connectivity index (χ1) is 20.5. The van der Waals surface area contributed by atoms with Gasteiger partial charge in [-0.1, -0.05) is 59.8 Å². The first-order valence-corrected chi connectivity index (χ1v) is 13.6. The van der Waals surface area contributed by atoms with E-state index in [2.05, 4.69) is 10.3 Å². The van der Waals surface area contributed by atoms with Crippen molar-refractivity contribution in [3.63, 3.8) is 0 Å². The molecule has 0 radical (unpaired) electrons. The first kappa shape index (κ1) is 27.2. The van der Waals surface area contributed by atoms with Crippen molar-refractivity contribution in [2.75, 3.05) is 44.2 Å². The number of amides is 2. The van der Waals surface area contributed by atoms with Crippen LogP contribution in [0.5, 0.6) is 0 Å². The number of rotatable bonds is 7. The first-order valence-electron chi connectivity index (χ1n) is 13.6. The predicted octanol–water partition coefficient (Wildman–Crippen LogP) is 4.68. The highest BCUT2D eigenvalue weighted by atomic mass is 19.1. The molecule has 0 saturated carbocycles. The molecule has 10 nitrogen and oxygen atoms in total. The summed E-state index contributed by atoms with van der Waals surface area (Å²) in [6.45, 7) is 2.05. The van der Waals surface area contributed by atoms with E-state index in [1.807, 2.05) is 35.2 Å². The number of aromatic nitrogens is 3. The van der Waals surface area contributed by atoms with Gasteiger partial charge in [0, 0.05) is 43.5 Å². The van der Waals surface area contributed by atoms with E-state index in [1.54, 1.807) is 29.3 Å². The molecule has 216 valence electrons. The molecule has 4 aromatic rings. The second-order valence-corrected chi connectivity index (χ2v) is 9.95. The van der Waals surface area contributed by atoms with Crippen LogP contribution in [0, 0.1) is 11.6 Å². The van der Waals surface area contributed by atoms with Crippen LogP contribution in [-0.4, -0.2) is 76.3 Å². The Bertz CT molecular complexity index is 1560. The van der Waals surface area contributed by atoms with Crippen molar-refractivity contribution < 1.29 is 27.8 Å². The lowest BCUT2D eigenvalue weighted by molar-refractivity contribution is 0.0941. The number of para-hydroxylation sites is 1. The topological polar surface area (TPSA) is 93.0 Å². The van der Waals surface area contributed by atoms with E-state index in [9.17, 15) is 9.59 Å². The second-order valence-electron chi connectivity index (χ2n) is 9.95. The second kappa shape index (κ2) is 11.9. The predicted molar refractivity (Wildman–Crippen MR) is 148 cm³/mol. The Morgan fingerprint density at radius 2 is 1.74 bits per heavy atom. The van der Waals surface area contributed by atoms with Gasteiger partial charge < -0.3 is 19.3 Å². The van der Waals surface area contributed by atoms with Crippen LogP contribution < -0.4 is 4.90 Å². The monoisotopic (exact) mass is 574 g/mol. The zero-order chi connectivity index (χ0) is 29.1. The van der Waals surface area contributed by atoms with Gasteiger partial charge in [-0.3, -0.25) is 4.90 Å². The van der Waals surface area contributed by atoms with Crippen LogP contribution in [0.25, 0.3) is 11.1 Å². The number of nitrogens with zero attached hydrogens (tertiary/aromatic N) is 6. The average Bonchev–Trinajstić information content (AvgIpc) is 3.69. The Morgan fingerprint density at radius 1 is 0.929 bits per heavy atom. The SMILES string of the molecule is O=C(OCc1ccccc1)N1CCN(c2c(F)cccc2-c2ccc([C@@H](N3CCOC3=O)n3ccnn3)cc2F)CC1. The van der Waals surface area contributed by atoms with Crippen LogP contribution >= 0.6 is 0 Å². The Balaban J connectivity index is 1.21. The van der Waals surface area contributed by atoms with Gasteiger partial charge >= 0.3 is 12.2 Å². The molecular weight excluding hydrogens is 546 g/mol. The van der Waals surface area contributed by atoms with E-state index in [4.69, 9.17) is 9.47 Å². The van der Waals surface area contributed by atoms with Crippen LogP contribution in [0.2, 0.25) is 0 Å². The number of hydrogen-bond donors (Lipinski definition) is 0. The van der Waals surface area contributed by atoms with Crippen molar-refractivity contribution in [1.82, 2.24) is 24.8 Å². The normalized spacial score (nSPS) is 16.0. The molecule has 2 saturated heterocycles. The molecule has 2 fully saturated rings. The van der Waals surface area contributed by atoms with Crippen molar-refractivity contribution in [1.29, 1.82) is 0 Å². The lowest BCUT2D eigenvalue weighted by atomic mass is 9.99. The molecular formula is C30H28F2N6O4. The fraction of sp³-hybridized carbons (Fsp3) is 0.267. The highest BCUT2D eigenvalue weighted by Gasteiger charge is 2.33. The molecule has 1 atom stereocenters. The van der Waals surface area contributed by atoms with Gasteiger partial charge in [-0.15, -0.1) is 5.10 Å². The van der Waals surface area contributed by atoms with Crippen LogP contribution in [0.15, 0.2) is 79.1 Å². The molecule has 3 heterocycles. The molecule has 6 rings (SSSR count). The minimum atomic E-state index is -0.757. The zero-order valence-corrected chi connectivity index (χ0v) is 22.6. The number of carbonyl (C=O) groups is 2. The zero-order valence-electron chi connectivity index (χ0n) is 22.6. The fourth-order valence-electron chi connectivity index (χ4n) is 5.34. The number of piperazine rings is 1. The van der Waals surface area contributed by atoms with Crippen LogP contribution in [0.3, 0.4) is 0 Å². The van der Waals surface area contributed by atoms with E-state index < -0.39 is 30.0 Å². The van der Waals surface area contributed by atoms with Crippen molar-refractivity contribution in [3.05, 3.63) is 102 Å². The third kappa shape index (κ3) is 5.47. The number of halogens is 2. The van der Waals surface area contributed by atoms with Crippen molar-refractivity contribution in [2.45, 2.75) is 12.8 Å². The maximum Gasteiger partial charge on any atom is 0.411 e. The fourth-order valence-corrected chi connectivity index (χ4v) is 5.34. The van der Waals surface area contributed by atoms with Crippen LogP contribution in [0.4, 0.5) is 24.1 Å². The molecule has 0 spiro atoms. The lowest BCUT2D eigenvalue weighted by Crippen LogP contribution is -2.49. The molecule has 42 heavy (non-hydrogen) atoms. The van der Waals surface area contributed by atoms with Gasteiger partial charge in [-0.05, 0) is 23.3 Å². The minimum Gasteiger partial charge on any atom is -0.447 e. The molecule has 12 heteroatoms. The van der Waals surface area contributed by atoms with Crippen molar-refractivity contribution in [2.24, 2.45) is 0 Å². The average molecular weight is 575 g/mol. The molecule has 2 aliphatic heterocycles. The number of carbonyl (C=O) groups excluding carboxylic acids is 2. The summed E-state index contributed by atoms with van der Waals surface area (Å²) in [5.74, 6) is -1.07. The molecule has 0 bridgehead atoms. The summed E-state index contributed by atoms with van der Waals surface area (Å²) < 4.78 is 43.1. The van der Waals surface area contributed by atoms with Crippen LogP contribution in [-0.2, 0) is 16.1 Å². The number of benzene rings is 3. The largest absolute Gasteiger partial charge is 0.447 e. The summed E-state index contributed by atoms with van der Waals surface area (Å²) in [5, 5.41) is 7.84. The highest BCUT2D eigenvalue weighted by Crippen LogP contribution is 2.37. The van der Waals surface area contributed by atoms with Gasteiger partial charge in [0.1, 0.15) is 24.8 Å². The van der Waals surface area contributed by atoms with Gasteiger partial charge in [-0.25, -0.2) is 23.1 Å². The number of cyclic esters (lactones) is 1. The van der Waals surface area contributed by atoms with Gasteiger partial charge in [0.25, 0.3) is 0 Å². The molecule has 2 amide bonds. The summed E-state index contributed by atoms with van der Waals surface area (Å²) in [6.07, 6.45) is 1.34. The lowest BCUT2D eigenvalue weighted by Gasteiger charge is -2.36. The van der Waals surface area contributed by atoms with Gasteiger partial charge in [0.05, 0.1) is 18.4 Å². The highest BCUT2D eigenvalue weighted by molar-refractivity contribution is 5.80. The Hall–Kier alpha value is -5.00. The van der Waals surface area contributed by atoms with Crippen molar-refractivity contribution >= 4 is 17.9 Å². The maximum absolute atomic E-state index is 15.8. The van der Waals surface area contributed by atoms with Gasteiger partial charge in [0.15, 0.2) is 6.17 Å². The van der Waals surface area contributed by atoms with E-state index in [0.717, 1.165) is 5.56 Å². The molecule has 2 aliphatic rings. The maximum atomic E-state index is 15.8.